The second-order valence-corrected chi connectivity index (χ2v) is 11.0. The van der Waals surface area contributed by atoms with E-state index in [9.17, 15) is 13.6 Å². The van der Waals surface area contributed by atoms with Crippen LogP contribution in [0.15, 0.2) is 107 Å². The van der Waals surface area contributed by atoms with Crippen molar-refractivity contribution in [3.63, 3.8) is 0 Å². The number of hydrazine groups is 1. The summed E-state index contributed by atoms with van der Waals surface area (Å²) in [6.07, 6.45) is -0.0708. The van der Waals surface area contributed by atoms with Gasteiger partial charge < -0.3 is 14.6 Å². The summed E-state index contributed by atoms with van der Waals surface area (Å²) in [4.78, 5) is 19.1. The number of carbonyl (C=O) groups excluding carboxylic acids is 1. The van der Waals surface area contributed by atoms with Crippen LogP contribution in [0.2, 0.25) is 0 Å². The average Bonchev–Trinajstić information content (AvgIpc) is 3.38. The smallest absolute Gasteiger partial charge is 0.266 e. The van der Waals surface area contributed by atoms with Gasteiger partial charge in [-0.15, -0.1) is 0 Å². The van der Waals surface area contributed by atoms with Gasteiger partial charge in [-0.05, 0) is 65.2 Å². The molecule has 4 aromatic carbocycles. The lowest BCUT2D eigenvalue weighted by Gasteiger charge is -2.31. The van der Waals surface area contributed by atoms with Gasteiger partial charge in [0.1, 0.15) is 17.4 Å². The summed E-state index contributed by atoms with van der Waals surface area (Å²) in [6.45, 7) is 0.411. The van der Waals surface area contributed by atoms with Gasteiger partial charge in [0.2, 0.25) is 5.90 Å². The fourth-order valence-corrected chi connectivity index (χ4v) is 5.14. The Bertz CT molecular complexity index is 1550. The SMILES string of the molecule is O=C(NNCc1cc(F)cc(F)c1)[C@@]1(Cc2ccccc2)N=C(c2ccc(OCCCO)cc2)O[C@H]1c1ccc(Br)cc1. The van der Waals surface area contributed by atoms with E-state index in [2.05, 4.69) is 26.8 Å². The first kappa shape index (κ1) is 30.3. The van der Waals surface area contributed by atoms with Crippen LogP contribution in [0.25, 0.3) is 0 Å². The predicted molar refractivity (Wildman–Crippen MR) is 162 cm³/mol. The van der Waals surface area contributed by atoms with Gasteiger partial charge in [0.15, 0.2) is 11.6 Å². The number of benzene rings is 4. The maximum absolute atomic E-state index is 14.2. The van der Waals surface area contributed by atoms with Crippen LogP contribution < -0.4 is 15.6 Å². The molecule has 1 aliphatic rings. The number of hydrogen-bond donors (Lipinski definition) is 3. The van der Waals surface area contributed by atoms with Crippen molar-refractivity contribution in [2.24, 2.45) is 4.99 Å². The molecule has 0 aromatic heterocycles. The van der Waals surface area contributed by atoms with Crippen LogP contribution in [-0.2, 0) is 22.5 Å². The summed E-state index contributed by atoms with van der Waals surface area (Å²) in [6, 6.07) is 27.4. The van der Waals surface area contributed by atoms with E-state index in [1.165, 1.54) is 12.1 Å². The highest BCUT2D eigenvalue weighted by Gasteiger charge is 2.53. The molecule has 0 saturated carbocycles. The normalized spacial score (nSPS) is 17.7. The van der Waals surface area contributed by atoms with Crippen LogP contribution in [0.4, 0.5) is 8.78 Å². The molecule has 5 rings (SSSR count). The quantitative estimate of drug-likeness (QED) is 0.133. The number of nitrogens with zero attached hydrogens (tertiary/aromatic N) is 1. The fraction of sp³-hybridized carbons (Fsp3) is 0.212. The van der Waals surface area contributed by atoms with Crippen LogP contribution in [0.3, 0.4) is 0 Å². The number of nitrogens with one attached hydrogen (secondary N) is 2. The monoisotopic (exact) mass is 649 g/mol. The highest BCUT2D eigenvalue weighted by Crippen LogP contribution is 2.42. The number of ether oxygens (including phenoxy) is 2. The Morgan fingerprint density at radius 1 is 0.953 bits per heavy atom. The fourth-order valence-electron chi connectivity index (χ4n) is 4.87. The Labute approximate surface area is 256 Å². The standard InChI is InChI=1S/C33H30BrF2N3O4/c34-26-11-7-24(8-12-26)30-33(20-22-5-2-1-3-6-22,32(41)39-37-21-23-17-27(35)19-28(36)18-23)38-31(43-30)25-9-13-29(14-10-25)42-16-4-15-40/h1-3,5-14,17-19,30,37,40H,4,15-16,20-21H2,(H,39,41)/t30-,33-/m0/s1. The van der Waals surface area contributed by atoms with Gasteiger partial charge >= 0.3 is 0 Å². The van der Waals surface area contributed by atoms with Crippen molar-refractivity contribution >= 4 is 27.7 Å². The maximum Gasteiger partial charge on any atom is 0.266 e. The molecule has 0 saturated heterocycles. The molecule has 0 spiro atoms. The molecular formula is C33H30BrF2N3O4. The van der Waals surface area contributed by atoms with Gasteiger partial charge in [0.25, 0.3) is 5.91 Å². The second kappa shape index (κ2) is 13.9. The highest BCUT2D eigenvalue weighted by molar-refractivity contribution is 9.10. The van der Waals surface area contributed by atoms with Crippen molar-refractivity contribution in [2.45, 2.75) is 31.0 Å². The largest absolute Gasteiger partial charge is 0.494 e. The van der Waals surface area contributed by atoms with Crippen molar-refractivity contribution in [3.05, 3.63) is 135 Å². The van der Waals surface area contributed by atoms with Crippen molar-refractivity contribution in [3.8, 4) is 5.75 Å². The van der Waals surface area contributed by atoms with E-state index in [4.69, 9.17) is 19.6 Å². The lowest BCUT2D eigenvalue weighted by molar-refractivity contribution is -0.130. The molecule has 3 N–H and O–H groups in total. The van der Waals surface area contributed by atoms with E-state index in [0.29, 0.717) is 29.9 Å². The number of aliphatic imine (C=N–C) groups is 1. The zero-order valence-corrected chi connectivity index (χ0v) is 24.7. The molecule has 43 heavy (non-hydrogen) atoms. The first-order chi connectivity index (χ1) is 20.9. The van der Waals surface area contributed by atoms with Gasteiger partial charge in [0, 0.05) is 42.1 Å². The van der Waals surface area contributed by atoms with Crippen molar-refractivity contribution in [1.82, 2.24) is 10.9 Å². The minimum Gasteiger partial charge on any atom is -0.494 e. The number of aliphatic hydroxyl groups is 1. The molecule has 2 atom stereocenters. The Kier molecular flexibility index (Phi) is 9.81. The first-order valence-electron chi connectivity index (χ1n) is 13.7. The summed E-state index contributed by atoms with van der Waals surface area (Å²) < 4.78 is 40.5. The summed E-state index contributed by atoms with van der Waals surface area (Å²) in [5.41, 5.74) is 6.68. The van der Waals surface area contributed by atoms with E-state index >= 15 is 0 Å². The van der Waals surface area contributed by atoms with Crippen LogP contribution in [0, 0.1) is 11.6 Å². The van der Waals surface area contributed by atoms with E-state index in [-0.39, 0.29) is 25.5 Å². The molecule has 0 unspecified atom stereocenters. The molecule has 1 aliphatic heterocycles. The summed E-state index contributed by atoms with van der Waals surface area (Å²) in [7, 11) is 0. The third-order valence-corrected chi connectivity index (χ3v) is 7.46. The average molecular weight is 651 g/mol. The number of hydrogen-bond acceptors (Lipinski definition) is 6. The van der Waals surface area contributed by atoms with E-state index < -0.39 is 29.2 Å². The van der Waals surface area contributed by atoms with Crippen molar-refractivity contribution < 1.29 is 28.2 Å². The van der Waals surface area contributed by atoms with Gasteiger partial charge in [0.05, 0.1) is 6.61 Å². The molecule has 4 aromatic rings. The highest BCUT2D eigenvalue weighted by atomic mass is 79.9. The second-order valence-electron chi connectivity index (χ2n) is 10.1. The van der Waals surface area contributed by atoms with Gasteiger partial charge in [-0.2, -0.15) is 0 Å². The number of aliphatic hydroxyl groups excluding tert-OH is 1. The molecule has 0 radical (unpaired) electrons. The number of rotatable bonds is 12. The molecule has 0 bridgehead atoms. The minimum absolute atomic E-state index is 0.0139. The lowest BCUT2D eigenvalue weighted by Crippen LogP contribution is -2.53. The van der Waals surface area contributed by atoms with Crippen LogP contribution in [0.1, 0.15) is 34.8 Å². The zero-order chi connectivity index (χ0) is 30.2. The van der Waals surface area contributed by atoms with Crippen molar-refractivity contribution in [1.29, 1.82) is 0 Å². The summed E-state index contributed by atoms with van der Waals surface area (Å²) in [5.74, 6) is -0.968. The number of amides is 1. The minimum atomic E-state index is -1.44. The first-order valence-corrected chi connectivity index (χ1v) is 14.5. The summed E-state index contributed by atoms with van der Waals surface area (Å²) >= 11 is 3.47. The third-order valence-electron chi connectivity index (χ3n) is 6.94. The van der Waals surface area contributed by atoms with E-state index in [0.717, 1.165) is 21.7 Å². The summed E-state index contributed by atoms with van der Waals surface area (Å²) in [5, 5.41) is 9.02. The maximum atomic E-state index is 14.2. The van der Waals surface area contributed by atoms with Crippen LogP contribution >= 0.6 is 15.9 Å². The number of carbonyl (C=O) groups is 1. The molecule has 222 valence electrons. The molecule has 0 aliphatic carbocycles. The predicted octanol–water partition coefficient (Wildman–Crippen LogP) is 5.81. The Hall–Kier alpha value is -4.12. The molecule has 1 amide bonds. The van der Waals surface area contributed by atoms with Crippen LogP contribution in [-0.4, -0.2) is 35.7 Å². The van der Waals surface area contributed by atoms with E-state index in [1.54, 1.807) is 24.3 Å². The number of halogens is 3. The van der Waals surface area contributed by atoms with E-state index in [1.807, 2.05) is 54.6 Å². The Morgan fingerprint density at radius 2 is 1.65 bits per heavy atom. The molecular weight excluding hydrogens is 620 g/mol. The zero-order valence-electron chi connectivity index (χ0n) is 23.1. The van der Waals surface area contributed by atoms with Gasteiger partial charge in [-0.25, -0.2) is 19.2 Å². The molecule has 1 heterocycles. The van der Waals surface area contributed by atoms with Gasteiger partial charge in [-0.3, -0.25) is 10.2 Å². The molecule has 7 nitrogen and oxygen atoms in total. The van der Waals surface area contributed by atoms with Crippen molar-refractivity contribution in [2.75, 3.05) is 13.2 Å². The van der Waals surface area contributed by atoms with Gasteiger partial charge in [-0.1, -0.05) is 58.4 Å². The molecule has 0 fully saturated rings. The van der Waals surface area contributed by atoms with Crippen LogP contribution in [0.5, 0.6) is 5.75 Å². The Balaban J connectivity index is 1.49. The topological polar surface area (TPSA) is 92.2 Å². The Morgan fingerprint density at radius 3 is 2.33 bits per heavy atom. The third kappa shape index (κ3) is 7.45. The molecule has 10 heteroatoms. The lowest BCUT2D eigenvalue weighted by atomic mass is 9.82.